The molecule has 2 aromatic carbocycles. The third kappa shape index (κ3) is 3.36. The second-order valence-electron chi connectivity index (χ2n) is 5.79. The number of hydrogen-bond donors (Lipinski definition) is 1. The molecule has 0 unspecified atom stereocenters. The number of nitrogens with zero attached hydrogens (tertiary/aromatic N) is 4. The van der Waals surface area contributed by atoms with E-state index in [0.29, 0.717) is 11.4 Å². The van der Waals surface area contributed by atoms with Gasteiger partial charge in [0, 0.05) is 23.7 Å². The van der Waals surface area contributed by atoms with E-state index in [1.807, 2.05) is 30.3 Å². The maximum absolute atomic E-state index is 12.4. The lowest BCUT2D eigenvalue weighted by Crippen LogP contribution is -2.13. The van der Waals surface area contributed by atoms with E-state index in [2.05, 4.69) is 15.4 Å². The number of para-hydroxylation sites is 1. The molecule has 0 atom stereocenters. The fourth-order valence-corrected chi connectivity index (χ4v) is 2.67. The third-order valence-corrected chi connectivity index (χ3v) is 3.98. The average molecular weight is 359 g/mol. The van der Waals surface area contributed by atoms with Gasteiger partial charge in [0.1, 0.15) is 0 Å². The zero-order chi connectivity index (χ0) is 18.8. The molecule has 0 saturated heterocycles. The number of benzene rings is 2. The van der Waals surface area contributed by atoms with Crippen LogP contribution in [0.2, 0.25) is 0 Å². The van der Waals surface area contributed by atoms with E-state index in [-0.39, 0.29) is 11.4 Å². The number of nitro benzene ring substituents is 1. The summed E-state index contributed by atoms with van der Waals surface area (Å²) in [4.78, 5) is 27.2. The Balaban J connectivity index is 1.56. The summed E-state index contributed by atoms with van der Waals surface area (Å²) in [5, 5.41) is 18.8. The predicted octanol–water partition coefficient (Wildman–Crippen LogP) is 3.58. The smallest absolute Gasteiger partial charge is 0.276 e. The van der Waals surface area contributed by atoms with Gasteiger partial charge in [0.2, 0.25) is 0 Å². The number of nitrogens with one attached hydrogen (secondary N) is 1. The van der Waals surface area contributed by atoms with Crippen molar-refractivity contribution in [3.63, 3.8) is 0 Å². The number of nitro groups is 1. The lowest BCUT2D eigenvalue weighted by atomic mass is 10.2. The molecule has 27 heavy (non-hydrogen) atoms. The molecule has 0 saturated carbocycles. The molecule has 1 amide bonds. The minimum atomic E-state index is -0.479. The van der Waals surface area contributed by atoms with Gasteiger partial charge < -0.3 is 5.32 Å². The molecule has 0 aliphatic carbocycles. The second kappa shape index (κ2) is 6.68. The van der Waals surface area contributed by atoms with Crippen LogP contribution in [0.4, 0.5) is 11.4 Å². The van der Waals surface area contributed by atoms with Crippen LogP contribution in [0, 0.1) is 10.1 Å². The SMILES string of the molecule is O=C(Nc1cnc2ccccc2c1)c1ccn(-c2cccc([N+](=O)[O-])c2)n1. The van der Waals surface area contributed by atoms with E-state index in [4.69, 9.17) is 0 Å². The number of fused-ring (bicyclic) bond motifs is 1. The largest absolute Gasteiger partial charge is 0.319 e. The summed E-state index contributed by atoms with van der Waals surface area (Å²) in [6, 6.07) is 17.0. The summed E-state index contributed by atoms with van der Waals surface area (Å²) in [5.41, 5.74) is 2.04. The minimum absolute atomic E-state index is 0.0451. The molecule has 0 radical (unpaired) electrons. The van der Waals surface area contributed by atoms with Crippen LogP contribution >= 0.6 is 0 Å². The number of anilines is 1. The summed E-state index contributed by atoms with van der Waals surface area (Å²) >= 11 is 0. The third-order valence-electron chi connectivity index (χ3n) is 3.98. The van der Waals surface area contributed by atoms with Gasteiger partial charge in [0.15, 0.2) is 5.69 Å². The van der Waals surface area contributed by atoms with E-state index in [1.54, 1.807) is 30.6 Å². The lowest BCUT2D eigenvalue weighted by molar-refractivity contribution is -0.384. The molecule has 4 rings (SSSR count). The van der Waals surface area contributed by atoms with Crippen LogP contribution in [0.1, 0.15) is 10.5 Å². The van der Waals surface area contributed by atoms with Crippen molar-refractivity contribution in [3.8, 4) is 5.69 Å². The maximum Gasteiger partial charge on any atom is 0.276 e. The fourth-order valence-electron chi connectivity index (χ4n) is 2.67. The summed E-state index contributed by atoms with van der Waals surface area (Å²) in [6.45, 7) is 0. The molecule has 0 fully saturated rings. The lowest BCUT2D eigenvalue weighted by Gasteiger charge is -2.04. The van der Waals surface area contributed by atoms with Gasteiger partial charge in [-0.2, -0.15) is 5.10 Å². The number of aromatic nitrogens is 3. The molecular formula is C19H13N5O3. The first kappa shape index (κ1) is 16.4. The van der Waals surface area contributed by atoms with E-state index in [9.17, 15) is 14.9 Å². The molecule has 8 heteroatoms. The summed E-state index contributed by atoms with van der Waals surface area (Å²) in [7, 11) is 0. The number of rotatable bonds is 4. The van der Waals surface area contributed by atoms with Crippen LogP contribution in [0.3, 0.4) is 0 Å². The Morgan fingerprint density at radius 3 is 2.78 bits per heavy atom. The highest BCUT2D eigenvalue weighted by Gasteiger charge is 2.13. The van der Waals surface area contributed by atoms with Crippen LogP contribution in [-0.4, -0.2) is 25.6 Å². The molecule has 2 aromatic heterocycles. The van der Waals surface area contributed by atoms with Crippen LogP contribution in [0.5, 0.6) is 0 Å². The summed E-state index contributed by atoms with van der Waals surface area (Å²) in [5.74, 6) is -0.392. The maximum atomic E-state index is 12.4. The number of carbonyl (C=O) groups excluding carboxylic acids is 1. The molecule has 132 valence electrons. The first-order valence-corrected chi connectivity index (χ1v) is 8.07. The van der Waals surface area contributed by atoms with Crippen molar-refractivity contribution < 1.29 is 9.72 Å². The van der Waals surface area contributed by atoms with Crippen LogP contribution in [-0.2, 0) is 0 Å². The standard InChI is InChI=1S/C19H13N5O3/c25-19(21-14-10-13-4-1-2-7-17(13)20-12-14)18-8-9-23(22-18)15-5-3-6-16(11-15)24(26)27/h1-12H,(H,21,25). The number of amides is 1. The number of hydrogen-bond acceptors (Lipinski definition) is 5. The Kier molecular flexibility index (Phi) is 4.06. The van der Waals surface area contributed by atoms with Crippen LogP contribution in [0.15, 0.2) is 73.1 Å². The van der Waals surface area contributed by atoms with Gasteiger partial charge in [-0.1, -0.05) is 24.3 Å². The highest BCUT2D eigenvalue weighted by molar-refractivity contribution is 6.03. The van der Waals surface area contributed by atoms with Gasteiger partial charge in [-0.25, -0.2) is 4.68 Å². The number of non-ortho nitro benzene ring substituents is 1. The molecule has 4 aromatic rings. The van der Waals surface area contributed by atoms with Crippen LogP contribution in [0.25, 0.3) is 16.6 Å². The Hall–Kier alpha value is -4.07. The molecule has 0 aliphatic rings. The van der Waals surface area contributed by atoms with Crippen molar-refractivity contribution in [2.45, 2.75) is 0 Å². The molecule has 0 spiro atoms. The van der Waals surface area contributed by atoms with Gasteiger partial charge in [0.25, 0.3) is 11.6 Å². The van der Waals surface area contributed by atoms with Gasteiger partial charge >= 0.3 is 0 Å². The van der Waals surface area contributed by atoms with E-state index >= 15 is 0 Å². The van der Waals surface area contributed by atoms with Gasteiger partial charge in [-0.15, -0.1) is 0 Å². The Labute approximate surface area is 153 Å². The van der Waals surface area contributed by atoms with E-state index < -0.39 is 10.8 Å². The molecular weight excluding hydrogens is 346 g/mol. The molecule has 8 nitrogen and oxygen atoms in total. The quantitative estimate of drug-likeness (QED) is 0.443. The molecule has 2 heterocycles. The van der Waals surface area contributed by atoms with Gasteiger partial charge in [0.05, 0.1) is 28.0 Å². The Bertz CT molecular complexity index is 1170. The summed E-state index contributed by atoms with van der Waals surface area (Å²) < 4.78 is 1.42. The molecule has 0 bridgehead atoms. The predicted molar refractivity (Wildman–Crippen MR) is 99.9 cm³/mol. The van der Waals surface area contributed by atoms with Gasteiger partial charge in [-0.3, -0.25) is 19.9 Å². The first-order valence-electron chi connectivity index (χ1n) is 8.07. The summed E-state index contributed by atoms with van der Waals surface area (Å²) in [6.07, 6.45) is 3.16. The number of pyridine rings is 1. The van der Waals surface area contributed by atoms with Crippen molar-refractivity contribution in [2.75, 3.05) is 5.32 Å². The van der Waals surface area contributed by atoms with Crippen molar-refractivity contribution in [3.05, 3.63) is 88.9 Å². The minimum Gasteiger partial charge on any atom is -0.319 e. The van der Waals surface area contributed by atoms with E-state index in [0.717, 1.165) is 10.9 Å². The van der Waals surface area contributed by atoms with Gasteiger partial charge in [-0.05, 0) is 24.3 Å². The van der Waals surface area contributed by atoms with Crippen molar-refractivity contribution >= 4 is 28.2 Å². The van der Waals surface area contributed by atoms with Crippen molar-refractivity contribution in [1.29, 1.82) is 0 Å². The highest BCUT2D eigenvalue weighted by atomic mass is 16.6. The highest BCUT2D eigenvalue weighted by Crippen LogP contribution is 2.18. The monoisotopic (exact) mass is 359 g/mol. The van der Waals surface area contributed by atoms with Crippen LogP contribution < -0.4 is 5.32 Å². The normalized spacial score (nSPS) is 10.7. The number of carbonyl (C=O) groups is 1. The Morgan fingerprint density at radius 2 is 1.93 bits per heavy atom. The zero-order valence-electron chi connectivity index (χ0n) is 13.9. The zero-order valence-corrected chi connectivity index (χ0v) is 13.9. The molecule has 1 N–H and O–H groups in total. The fraction of sp³-hybridized carbons (Fsp3) is 0. The van der Waals surface area contributed by atoms with E-state index in [1.165, 1.54) is 16.8 Å². The van der Waals surface area contributed by atoms with Crippen molar-refractivity contribution in [1.82, 2.24) is 14.8 Å². The molecule has 0 aliphatic heterocycles. The second-order valence-corrected chi connectivity index (χ2v) is 5.79. The average Bonchev–Trinajstić information content (AvgIpc) is 3.18. The topological polar surface area (TPSA) is 103 Å². The first-order chi connectivity index (χ1) is 13.1. The Morgan fingerprint density at radius 1 is 1.07 bits per heavy atom. The van der Waals surface area contributed by atoms with Crippen molar-refractivity contribution in [2.24, 2.45) is 0 Å².